The molecule has 2 N–H and O–H groups in total. The lowest BCUT2D eigenvalue weighted by atomic mass is 10.2. The van der Waals surface area contributed by atoms with Crippen LogP contribution in [0.3, 0.4) is 0 Å². The van der Waals surface area contributed by atoms with Gasteiger partial charge in [-0.05, 0) is 29.8 Å². The van der Waals surface area contributed by atoms with E-state index in [1.807, 2.05) is 49.5 Å². The Bertz CT molecular complexity index is 733. The molecule has 20 heavy (non-hydrogen) atoms. The Labute approximate surface area is 117 Å². The molecule has 4 nitrogen and oxygen atoms in total. The number of anilines is 1. The third kappa shape index (κ3) is 2.38. The molecule has 1 heterocycles. The summed E-state index contributed by atoms with van der Waals surface area (Å²) in [7, 11) is 2.02. The van der Waals surface area contributed by atoms with Gasteiger partial charge in [-0.1, -0.05) is 24.3 Å². The molecule has 0 radical (unpaired) electrons. The summed E-state index contributed by atoms with van der Waals surface area (Å²) in [6, 6.07) is 15.9. The fourth-order valence-corrected chi connectivity index (χ4v) is 2.31. The van der Waals surface area contributed by atoms with Crippen molar-refractivity contribution in [3.05, 3.63) is 59.9 Å². The van der Waals surface area contributed by atoms with Gasteiger partial charge in [-0.3, -0.25) is 0 Å². The fraction of sp³-hybridized carbons (Fsp3) is 0.188. The van der Waals surface area contributed by atoms with Crippen LogP contribution in [0.1, 0.15) is 11.4 Å². The largest absolute Gasteiger partial charge is 0.392 e. The molecule has 102 valence electrons. The minimum absolute atomic E-state index is 0.0574. The minimum atomic E-state index is 0.0574. The van der Waals surface area contributed by atoms with Crippen LogP contribution >= 0.6 is 0 Å². The van der Waals surface area contributed by atoms with E-state index in [1.54, 1.807) is 0 Å². The maximum absolute atomic E-state index is 9.14. The zero-order valence-electron chi connectivity index (χ0n) is 11.4. The van der Waals surface area contributed by atoms with Gasteiger partial charge < -0.3 is 15.0 Å². The van der Waals surface area contributed by atoms with Crippen LogP contribution in [0.4, 0.5) is 5.69 Å². The predicted octanol–water partition coefficient (Wildman–Crippen LogP) is 2.68. The summed E-state index contributed by atoms with van der Waals surface area (Å²) >= 11 is 0. The van der Waals surface area contributed by atoms with Crippen molar-refractivity contribution >= 4 is 16.7 Å². The monoisotopic (exact) mass is 267 g/mol. The molecule has 1 aromatic heterocycles. The summed E-state index contributed by atoms with van der Waals surface area (Å²) in [5.41, 5.74) is 4.04. The van der Waals surface area contributed by atoms with Gasteiger partial charge in [0.05, 0.1) is 24.2 Å². The van der Waals surface area contributed by atoms with E-state index in [4.69, 9.17) is 5.11 Å². The molecule has 4 heteroatoms. The van der Waals surface area contributed by atoms with E-state index in [0.29, 0.717) is 6.54 Å². The Kier molecular flexibility index (Phi) is 3.39. The highest BCUT2D eigenvalue weighted by Crippen LogP contribution is 2.16. The number of aliphatic hydroxyl groups is 1. The number of hydrogen-bond acceptors (Lipinski definition) is 3. The first-order chi connectivity index (χ1) is 9.78. The summed E-state index contributed by atoms with van der Waals surface area (Å²) in [4.78, 5) is 4.62. The zero-order chi connectivity index (χ0) is 13.9. The first-order valence-corrected chi connectivity index (χ1v) is 6.62. The van der Waals surface area contributed by atoms with Crippen molar-refractivity contribution in [1.82, 2.24) is 9.55 Å². The quantitative estimate of drug-likeness (QED) is 0.764. The number of aryl methyl sites for hydroxylation is 1. The minimum Gasteiger partial charge on any atom is -0.392 e. The number of aromatic nitrogens is 2. The second-order valence-electron chi connectivity index (χ2n) is 4.79. The van der Waals surface area contributed by atoms with Crippen LogP contribution in [0, 0.1) is 0 Å². The Morgan fingerprint density at radius 1 is 1.15 bits per heavy atom. The van der Waals surface area contributed by atoms with E-state index in [2.05, 4.69) is 20.9 Å². The molecule has 0 aliphatic heterocycles. The van der Waals surface area contributed by atoms with E-state index < -0.39 is 0 Å². The SMILES string of the molecule is Cn1c(CNc2cccc(CO)c2)nc2ccccc21. The lowest BCUT2D eigenvalue weighted by molar-refractivity contribution is 0.282. The first kappa shape index (κ1) is 12.7. The van der Waals surface area contributed by atoms with Crippen LogP contribution in [0.2, 0.25) is 0 Å². The van der Waals surface area contributed by atoms with Gasteiger partial charge in [0.25, 0.3) is 0 Å². The third-order valence-corrected chi connectivity index (χ3v) is 3.44. The van der Waals surface area contributed by atoms with Crippen LogP contribution in [0.25, 0.3) is 11.0 Å². The number of imidazole rings is 1. The van der Waals surface area contributed by atoms with Gasteiger partial charge in [0, 0.05) is 12.7 Å². The number of para-hydroxylation sites is 2. The van der Waals surface area contributed by atoms with E-state index in [9.17, 15) is 0 Å². The van der Waals surface area contributed by atoms with Gasteiger partial charge in [0.1, 0.15) is 5.82 Å². The number of aliphatic hydroxyl groups excluding tert-OH is 1. The summed E-state index contributed by atoms with van der Waals surface area (Å²) in [6.45, 7) is 0.710. The van der Waals surface area contributed by atoms with Gasteiger partial charge in [-0.15, -0.1) is 0 Å². The number of nitrogens with one attached hydrogen (secondary N) is 1. The second-order valence-corrected chi connectivity index (χ2v) is 4.79. The predicted molar refractivity (Wildman–Crippen MR) is 80.4 cm³/mol. The van der Waals surface area contributed by atoms with E-state index >= 15 is 0 Å². The number of nitrogens with zero attached hydrogens (tertiary/aromatic N) is 2. The van der Waals surface area contributed by atoms with Crippen molar-refractivity contribution < 1.29 is 5.11 Å². The molecule has 0 unspecified atom stereocenters. The van der Waals surface area contributed by atoms with Crippen LogP contribution in [-0.2, 0) is 20.2 Å². The number of rotatable bonds is 4. The molecule has 0 saturated heterocycles. The zero-order valence-corrected chi connectivity index (χ0v) is 11.4. The van der Waals surface area contributed by atoms with E-state index in [1.165, 1.54) is 0 Å². The Balaban J connectivity index is 1.81. The third-order valence-electron chi connectivity index (χ3n) is 3.44. The summed E-state index contributed by atoms with van der Waals surface area (Å²) in [5.74, 6) is 0.987. The molecule has 0 spiro atoms. The Hall–Kier alpha value is -2.33. The highest BCUT2D eigenvalue weighted by Gasteiger charge is 2.06. The lowest BCUT2D eigenvalue weighted by Crippen LogP contribution is -2.06. The number of fused-ring (bicyclic) bond motifs is 1. The van der Waals surface area contributed by atoms with Gasteiger partial charge in [0.2, 0.25) is 0 Å². The average molecular weight is 267 g/mol. The maximum Gasteiger partial charge on any atom is 0.128 e. The molecule has 0 atom stereocenters. The number of hydrogen-bond donors (Lipinski definition) is 2. The van der Waals surface area contributed by atoms with Crippen LogP contribution in [-0.4, -0.2) is 14.7 Å². The molecule has 0 aliphatic carbocycles. The van der Waals surface area contributed by atoms with Crippen molar-refractivity contribution in [1.29, 1.82) is 0 Å². The van der Waals surface area contributed by atoms with Crippen molar-refractivity contribution in [3.8, 4) is 0 Å². The van der Waals surface area contributed by atoms with Crippen LogP contribution < -0.4 is 5.32 Å². The molecule has 0 aliphatic rings. The van der Waals surface area contributed by atoms with Gasteiger partial charge >= 0.3 is 0 Å². The molecule has 0 bridgehead atoms. The van der Waals surface area contributed by atoms with Gasteiger partial charge in [-0.2, -0.15) is 0 Å². The topological polar surface area (TPSA) is 50.1 Å². The Morgan fingerprint density at radius 2 is 2.00 bits per heavy atom. The molecule has 3 aromatic rings. The van der Waals surface area contributed by atoms with Crippen LogP contribution in [0.15, 0.2) is 48.5 Å². The number of benzene rings is 2. The standard InChI is InChI=1S/C16H17N3O/c1-19-15-8-3-2-7-14(15)18-16(19)10-17-13-6-4-5-12(9-13)11-20/h2-9,17,20H,10-11H2,1H3. The van der Waals surface area contributed by atoms with Gasteiger partial charge in [0.15, 0.2) is 0 Å². The van der Waals surface area contributed by atoms with Crippen LogP contribution in [0.5, 0.6) is 0 Å². The molecule has 0 fully saturated rings. The first-order valence-electron chi connectivity index (χ1n) is 6.62. The Morgan fingerprint density at radius 3 is 2.80 bits per heavy atom. The van der Waals surface area contributed by atoms with Gasteiger partial charge in [-0.25, -0.2) is 4.98 Å². The lowest BCUT2D eigenvalue weighted by Gasteiger charge is -2.07. The highest BCUT2D eigenvalue weighted by molar-refractivity contribution is 5.75. The second kappa shape index (κ2) is 5.35. The molecular weight excluding hydrogens is 250 g/mol. The summed E-state index contributed by atoms with van der Waals surface area (Å²) in [5, 5.41) is 12.5. The molecular formula is C16H17N3O. The van der Waals surface area contributed by atoms with Crippen molar-refractivity contribution in [2.75, 3.05) is 5.32 Å². The fourth-order valence-electron chi connectivity index (χ4n) is 2.31. The average Bonchev–Trinajstić information content (AvgIpc) is 2.82. The van der Waals surface area contributed by atoms with Crippen molar-refractivity contribution in [3.63, 3.8) is 0 Å². The van der Waals surface area contributed by atoms with Crippen molar-refractivity contribution in [2.45, 2.75) is 13.2 Å². The molecule has 0 amide bonds. The van der Waals surface area contributed by atoms with E-state index in [-0.39, 0.29) is 6.61 Å². The summed E-state index contributed by atoms with van der Waals surface area (Å²) < 4.78 is 2.10. The summed E-state index contributed by atoms with van der Waals surface area (Å²) in [6.07, 6.45) is 0. The molecule has 2 aromatic carbocycles. The molecule has 3 rings (SSSR count). The normalized spacial score (nSPS) is 10.9. The highest BCUT2D eigenvalue weighted by atomic mass is 16.3. The maximum atomic E-state index is 9.14. The van der Waals surface area contributed by atoms with Crippen molar-refractivity contribution in [2.24, 2.45) is 7.05 Å². The van der Waals surface area contributed by atoms with E-state index in [0.717, 1.165) is 28.1 Å². The molecule has 0 saturated carbocycles. The smallest absolute Gasteiger partial charge is 0.128 e.